The lowest BCUT2D eigenvalue weighted by atomic mass is 10.1. The van der Waals surface area contributed by atoms with Gasteiger partial charge >= 0.3 is 0 Å². The highest BCUT2D eigenvalue weighted by Crippen LogP contribution is 2.29. The van der Waals surface area contributed by atoms with E-state index in [1.54, 1.807) is 0 Å². The molecule has 1 N–H and O–H groups in total. The highest BCUT2D eigenvalue weighted by molar-refractivity contribution is 4.76. The van der Waals surface area contributed by atoms with Gasteiger partial charge in [0.05, 0.1) is 6.10 Å². The van der Waals surface area contributed by atoms with Crippen LogP contribution in [0, 0.1) is 5.92 Å². The number of nitrogens with one attached hydrogen (secondary N) is 1. The van der Waals surface area contributed by atoms with Crippen molar-refractivity contribution in [2.75, 3.05) is 13.2 Å². The van der Waals surface area contributed by atoms with E-state index in [1.165, 1.54) is 19.3 Å². The van der Waals surface area contributed by atoms with Gasteiger partial charge in [-0.3, -0.25) is 0 Å². The van der Waals surface area contributed by atoms with Gasteiger partial charge < -0.3 is 10.1 Å². The second kappa shape index (κ2) is 6.41. The Bertz CT molecular complexity index is 145. The Kier molecular flexibility index (Phi) is 5.49. The van der Waals surface area contributed by atoms with Gasteiger partial charge in [0.25, 0.3) is 0 Å². The van der Waals surface area contributed by atoms with Crippen LogP contribution in [-0.2, 0) is 4.74 Å². The quantitative estimate of drug-likeness (QED) is 0.649. The maximum absolute atomic E-state index is 5.85. The summed E-state index contributed by atoms with van der Waals surface area (Å²) >= 11 is 0. The highest BCUT2D eigenvalue weighted by atomic mass is 16.5. The molecule has 2 nitrogen and oxygen atoms in total. The molecule has 0 aliphatic heterocycles. The van der Waals surface area contributed by atoms with Crippen LogP contribution in [0.15, 0.2) is 0 Å². The minimum absolute atomic E-state index is 0.368. The van der Waals surface area contributed by atoms with Gasteiger partial charge in [-0.05, 0) is 45.1 Å². The summed E-state index contributed by atoms with van der Waals surface area (Å²) in [4.78, 5) is 0. The topological polar surface area (TPSA) is 21.3 Å². The summed E-state index contributed by atoms with van der Waals surface area (Å²) < 4.78 is 5.85. The Labute approximate surface area is 88.4 Å². The first-order valence-electron chi connectivity index (χ1n) is 6.12. The van der Waals surface area contributed by atoms with Crippen molar-refractivity contribution in [2.24, 2.45) is 5.92 Å². The molecule has 2 atom stereocenters. The van der Waals surface area contributed by atoms with Gasteiger partial charge in [0.15, 0.2) is 0 Å². The van der Waals surface area contributed by atoms with Gasteiger partial charge in [0, 0.05) is 12.6 Å². The largest absolute Gasteiger partial charge is 0.377 e. The average molecular weight is 199 g/mol. The van der Waals surface area contributed by atoms with Gasteiger partial charge in [-0.15, -0.1) is 0 Å². The Morgan fingerprint density at radius 3 is 2.57 bits per heavy atom. The third kappa shape index (κ3) is 4.43. The fraction of sp³-hybridized carbons (Fsp3) is 1.00. The molecular formula is C12H25NO. The third-order valence-corrected chi connectivity index (χ3v) is 2.95. The predicted molar refractivity (Wildman–Crippen MR) is 60.5 cm³/mol. The predicted octanol–water partition coefficient (Wildman–Crippen LogP) is 2.58. The molecular weight excluding hydrogens is 174 g/mol. The molecule has 0 bridgehead atoms. The minimum Gasteiger partial charge on any atom is -0.377 e. The van der Waals surface area contributed by atoms with Crippen LogP contribution in [0.4, 0.5) is 0 Å². The van der Waals surface area contributed by atoms with E-state index in [0.717, 1.165) is 25.5 Å². The standard InChI is InChI=1S/C12H25NO/c1-4-8-13-12(5-2)10(3)14-9-11-6-7-11/h10-13H,4-9H2,1-3H3. The van der Waals surface area contributed by atoms with E-state index in [9.17, 15) is 0 Å². The van der Waals surface area contributed by atoms with Crippen LogP contribution in [0.2, 0.25) is 0 Å². The Morgan fingerprint density at radius 1 is 1.36 bits per heavy atom. The van der Waals surface area contributed by atoms with Crippen LogP contribution in [-0.4, -0.2) is 25.3 Å². The zero-order valence-electron chi connectivity index (χ0n) is 9.88. The first-order chi connectivity index (χ1) is 6.77. The molecule has 1 aliphatic rings. The monoisotopic (exact) mass is 199 g/mol. The Balaban J connectivity index is 2.12. The van der Waals surface area contributed by atoms with E-state index in [1.807, 2.05) is 0 Å². The normalized spacial score (nSPS) is 20.8. The molecule has 0 radical (unpaired) electrons. The molecule has 0 aromatic rings. The number of ether oxygens (including phenoxy) is 1. The third-order valence-electron chi connectivity index (χ3n) is 2.95. The summed E-state index contributed by atoms with van der Waals surface area (Å²) in [6.45, 7) is 8.71. The van der Waals surface area contributed by atoms with Crippen molar-refractivity contribution in [2.45, 2.75) is 58.6 Å². The molecule has 0 amide bonds. The molecule has 1 aliphatic carbocycles. The van der Waals surface area contributed by atoms with E-state index >= 15 is 0 Å². The lowest BCUT2D eigenvalue weighted by Gasteiger charge is -2.24. The maximum Gasteiger partial charge on any atom is 0.0699 e. The summed E-state index contributed by atoms with van der Waals surface area (Å²) in [5, 5.41) is 3.54. The van der Waals surface area contributed by atoms with Crippen molar-refractivity contribution < 1.29 is 4.74 Å². The van der Waals surface area contributed by atoms with Crippen molar-refractivity contribution in [3.63, 3.8) is 0 Å². The summed E-state index contributed by atoms with van der Waals surface area (Å²) in [5.74, 6) is 0.876. The van der Waals surface area contributed by atoms with Gasteiger partial charge in [-0.25, -0.2) is 0 Å². The molecule has 1 saturated carbocycles. The molecule has 0 spiro atoms. The summed E-state index contributed by atoms with van der Waals surface area (Å²) in [5.41, 5.74) is 0. The zero-order valence-corrected chi connectivity index (χ0v) is 9.88. The van der Waals surface area contributed by atoms with Crippen LogP contribution in [0.1, 0.15) is 46.5 Å². The maximum atomic E-state index is 5.85. The average Bonchev–Trinajstić information content (AvgIpc) is 2.99. The molecule has 0 aromatic heterocycles. The summed E-state index contributed by atoms with van der Waals surface area (Å²) in [6.07, 6.45) is 5.49. The zero-order chi connectivity index (χ0) is 10.4. The van der Waals surface area contributed by atoms with E-state index in [0.29, 0.717) is 12.1 Å². The second-order valence-electron chi connectivity index (χ2n) is 4.45. The van der Waals surface area contributed by atoms with Crippen LogP contribution in [0.3, 0.4) is 0 Å². The fourth-order valence-electron chi connectivity index (χ4n) is 1.66. The first kappa shape index (κ1) is 12.0. The molecule has 0 heterocycles. The van der Waals surface area contributed by atoms with E-state index in [4.69, 9.17) is 4.74 Å². The van der Waals surface area contributed by atoms with Gasteiger partial charge in [-0.2, -0.15) is 0 Å². The molecule has 2 heteroatoms. The lowest BCUT2D eigenvalue weighted by Crippen LogP contribution is -2.40. The smallest absolute Gasteiger partial charge is 0.0699 e. The van der Waals surface area contributed by atoms with Crippen molar-refractivity contribution in [3.05, 3.63) is 0 Å². The molecule has 14 heavy (non-hydrogen) atoms. The fourth-order valence-corrected chi connectivity index (χ4v) is 1.66. The minimum atomic E-state index is 0.368. The molecule has 2 unspecified atom stereocenters. The van der Waals surface area contributed by atoms with Crippen molar-refractivity contribution >= 4 is 0 Å². The second-order valence-corrected chi connectivity index (χ2v) is 4.45. The molecule has 1 rings (SSSR count). The molecule has 1 fully saturated rings. The molecule has 84 valence electrons. The molecule has 0 aromatic carbocycles. The van der Waals surface area contributed by atoms with Crippen molar-refractivity contribution in [1.82, 2.24) is 5.32 Å². The van der Waals surface area contributed by atoms with Crippen molar-refractivity contribution in [1.29, 1.82) is 0 Å². The number of hydrogen-bond donors (Lipinski definition) is 1. The van der Waals surface area contributed by atoms with Crippen LogP contribution in [0.25, 0.3) is 0 Å². The lowest BCUT2D eigenvalue weighted by molar-refractivity contribution is 0.0314. The van der Waals surface area contributed by atoms with Gasteiger partial charge in [0.1, 0.15) is 0 Å². The SMILES string of the molecule is CCCNC(CC)C(C)OCC1CC1. The van der Waals surface area contributed by atoms with Crippen molar-refractivity contribution in [3.8, 4) is 0 Å². The highest BCUT2D eigenvalue weighted by Gasteiger charge is 2.24. The number of hydrogen-bond acceptors (Lipinski definition) is 2. The van der Waals surface area contributed by atoms with Gasteiger partial charge in [-0.1, -0.05) is 13.8 Å². The van der Waals surface area contributed by atoms with E-state index in [2.05, 4.69) is 26.1 Å². The van der Waals surface area contributed by atoms with Crippen LogP contribution >= 0.6 is 0 Å². The summed E-state index contributed by atoms with van der Waals surface area (Å²) in [6, 6.07) is 0.536. The van der Waals surface area contributed by atoms with E-state index in [-0.39, 0.29) is 0 Å². The van der Waals surface area contributed by atoms with E-state index < -0.39 is 0 Å². The molecule has 0 saturated heterocycles. The van der Waals surface area contributed by atoms with Crippen LogP contribution < -0.4 is 5.32 Å². The Morgan fingerprint density at radius 2 is 2.07 bits per heavy atom. The Hall–Kier alpha value is -0.0800. The first-order valence-corrected chi connectivity index (χ1v) is 6.12. The van der Waals surface area contributed by atoms with Crippen LogP contribution in [0.5, 0.6) is 0 Å². The van der Waals surface area contributed by atoms with Gasteiger partial charge in [0.2, 0.25) is 0 Å². The summed E-state index contributed by atoms with van der Waals surface area (Å²) in [7, 11) is 0. The number of rotatable bonds is 8.